The first-order chi connectivity index (χ1) is 14.8. The smallest absolute Gasteiger partial charge is 0.124 e. The molecule has 2 aliphatic carbocycles. The highest BCUT2D eigenvalue weighted by Crippen LogP contribution is 2.50. The molecule has 170 valence electrons. The summed E-state index contributed by atoms with van der Waals surface area (Å²) in [4.78, 5) is 11.8. The second kappa shape index (κ2) is 10.6. The van der Waals surface area contributed by atoms with Gasteiger partial charge in [0, 0.05) is 12.2 Å². The van der Waals surface area contributed by atoms with Crippen LogP contribution >= 0.6 is 0 Å². The lowest BCUT2D eigenvalue weighted by Gasteiger charge is -2.48. The van der Waals surface area contributed by atoms with Crippen molar-refractivity contribution in [2.45, 2.75) is 59.7 Å². The molecule has 1 aromatic rings. The summed E-state index contributed by atoms with van der Waals surface area (Å²) >= 11 is 0. The summed E-state index contributed by atoms with van der Waals surface area (Å²) in [6, 6.07) is 7.96. The number of hydrogen-bond acceptors (Lipinski definition) is 4. The molecule has 0 saturated heterocycles. The number of aliphatic hydroxyl groups excluding tert-OH is 1. The van der Waals surface area contributed by atoms with Crippen LogP contribution in [0.15, 0.2) is 41.5 Å². The number of carbonyl (C=O) groups excluding carboxylic acids is 1. The van der Waals surface area contributed by atoms with Crippen molar-refractivity contribution in [3.05, 3.63) is 47.1 Å². The molecule has 3 rings (SSSR count). The van der Waals surface area contributed by atoms with Gasteiger partial charge in [-0.3, -0.25) is 0 Å². The number of ether oxygens (including phenoxy) is 2. The number of aliphatic hydroxyl groups is 1. The van der Waals surface area contributed by atoms with Gasteiger partial charge in [-0.05, 0) is 79.4 Å². The van der Waals surface area contributed by atoms with Crippen LogP contribution in [-0.4, -0.2) is 30.9 Å². The molecule has 0 radical (unpaired) electrons. The van der Waals surface area contributed by atoms with Gasteiger partial charge in [0.25, 0.3) is 0 Å². The number of fused-ring (bicyclic) bond motifs is 1. The van der Waals surface area contributed by atoms with Crippen LogP contribution in [0, 0.1) is 35.5 Å². The maximum absolute atomic E-state index is 11.8. The SMILES string of the molecule is COc1ccc(COC[C@@H](C)[C@@H]2C[C@H](O)C[C@H]3[C@@H]2C=C(C)C[C@H]3C(=C=O)C(C)C)cc1. The third kappa shape index (κ3) is 5.68. The second-order valence-corrected chi connectivity index (χ2v) is 9.91. The van der Waals surface area contributed by atoms with Gasteiger partial charge in [0.2, 0.25) is 0 Å². The number of benzene rings is 1. The molecule has 31 heavy (non-hydrogen) atoms. The predicted molar refractivity (Wildman–Crippen MR) is 123 cm³/mol. The van der Waals surface area contributed by atoms with Gasteiger partial charge >= 0.3 is 0 Å². The van der Waals surface area contributed by atoms with Crippen LogP contribution in [0.25, 0.3) is 0 Å². The van der Waals surface area contributed by atoms with E-state index >= 15 is 0 Å². The van der Waals surface area contributed by atoms with Crippen molar-refractivity contribution in [3.63, 3.8) is 0 Å². The van der Waals surface area contributed by atoms with Crippen LogP contribution in [0.4, 0.5) is 0 Å². The summed E-state index contributed by atoms with van der Waals surface area (Å²) in [6.07, 6.45) is 4.58. The molecule has 0 aliphatic heterocycles. The van der Waals surface area contributed by atoms with Crippen molar-refractivity contribution < 1.29 is 19.4 Å². The molecule has 1 aromatic carbocycles. The summed E-state index contributed by atoms with van der Waals surface area (Å²) in [5.41, 5.74) is 3.37. The maximum atomic E-state index is 11.8. The predicted octanol–water partition coefficient (Wildman–Crippen LogP) is 5.23. The Morgan fingerprint density at radius 3 is 2.52 bits per heavy atom. The summed E-state index contributed by atoms with van der Waals surface area (Å²) in [7, 11) is 1.67. The molecular weight excluding hydrogens is 388 g/mol. The molecule has 0 spiro atoms. The highest BCUT2D eigenvalue weighted by Gasteiger charge is 2.45. The number of allylic oxidation sites excluding steroid dienone is 3. The standard InChI is InChI=1S/C27H38O4/c1-17(2)27(14-28)25-11-18(3)10-24-23(12-21(29)13-26(24)25)19(4)15-31-16-20-6-8-22(30-5)9-7-20/h6-10,17,19,21,23-26,29H,11-13,15-16H2,1-5H3/t19-,21+,23+,24-,25-,26+/m1/s1. The fraction of sp³-hybridized carbons (Fsp3) is 0.630. The van der Waals surface area contributed by atoms with E-state index in [1.807, 2.05) is 24.3 Å². The molecule has 0 bridgehead atoms. The fourth-order valence-corrected chi connectivity index (χ4v) is 5.71. The van der Waals surface area contributed by atoms with Gasteiger partial charge in [-0.25, -0.2) is 4.79 Å². The zero-order chi connectivity index (χ0) is 22.5. The van der Waals surface area contributed by atoms with E-state index in [1.165, 1.54) is 5.57 Å². The number of methoxy groups -OCH3 is 1. The zero-order valence-electron chi connectivity index (χ0n) is 19.6. The average Bonchev–Trinajstić information content (AvgIpc) is 2.74. The van der Waals surface area contributed by atoms with Gasteiger partial charge in [-0.1, -0.05) is 44.6 Å². The van der Waals surface area contributed by atoms with Crippen LogP contribution in [0.1, 0.15) is 52.5 Å². The largest absolute Gasteiger partial charge is 0.497 e. The molecule has 1 saturated carbocycles. The van der Waals surface area contributed by atoms with Crippen LogP contribution < -0.4 is 4.74 Å². The highest BCUT2D eigenvalue weighted by molar-refractivity contribution is 5.54. The van der Waals surface area contributed by atoms with Crippen LogP contribution in [0.3, 0.4) is 0 Å². The van der Waals surface area contributed by atoms with E-state index in [4.69, 9.17) is 9.47 Å². The van der Waals surface area contributed by atoms with Crippen molar-refractivity contribution >= 4 is 5.94 Å². The van der Waals surface area contributed by atoms with Gasteiger partial charge in [-0.2, -0.15) is 0 Å². The fourth-order valence-electron chi connectivity index (χ4n) is 5.71. The Hall–Kier alpha value is -1.87. The van der Waals surface area contributed by atoms with Crippen LogP contribution in [-0.2, 0) is 16.1 Å². The molecule has 0 amide bonds. The Kier molecular flexibility index (Phi) is 8.16. The Balaban J connectivity index is 1.69. The molecule has 1 N–H and O–H groups in total. The molecule has 4 nitrogen and oxygen atoms in total. The average molecular weight is 427 g/mol. The van der Waals surface area contributed by atoms with Gasteiger partial charge in [0.1, 0.15) is 11.7 Å². The van der Waals surface area contributed by atoms with E-state index in [0.717, 1.165) is 36.1 Å². The summed E-state index contributed by atoms with van der Waals surface area (Å²) in [5, 5.41) is 10.7. The van der Waals surface area contributed by atoms with Gasteiger partial charge in [0.15, 0.2) is 0 Å². The van der Waals surface area contributed by atoms with Crippen molar-refractivity contribution in [2.75, 3.05) is 13.7 Å². The molecule has 1 fully saturated rings. The quantitative estimate of drug-likeness (QED) is 0.457. The lowest BCUT2D eigenvalue weighted by molar-refractivity contribution is -0.0204. The Labute approximate surface area is 187 Å². The van der Waals surface area contributed by atoms with Gasteiger partial charge < -0.3 is 14.6 Å². The molecule has 0 heterocycles. The van der Waals surface area contributed by atoms with Crippen molar-refractivity contribution in [2.24, 2.45) is 35.5 Å². The van der Waals surface area contributed by atoms with E-state index < -0.39 is 0 Å². The summed E-state index contributed by atoms with van der Waals surface area (Å²) < 4.78 is 11.3. The van der Waals surface area contributed by atoms with E-state index in [9.17, 15) is 9.90 Å². The molecular formula is C27H38O4. The minimum atomic E-state index is -0.315. The minimum absolute atomic E-state index is 0.192. The molecule has 0 aromatic heterocycles. The van der Waals surface area contributed by atoms with Gasteiger partial charge in [0.05, 0.1) is 19.8 Å². The van der Waals surface area contributed by atoms with E-state index in [2.05, 4.69) is 39.7 Å². The minimum Gasteiger partial charge on any atom is -0.497 e. The van der Waals surface area contributed by atoms with Crippen molar-refractivity contribution in [1.82, 2.24) is 0 Å². The molecule has 0 unspecified atom stereocenters. The second-order valence-electron chi connectivity index (χ2n) is 9.91. The van der Waals surface area contributed by atoms with Crippen molar-refractivity contribution in [1.29, 1.82) is 0 Å². The third-order valence-corrected chi connectivity index (χ3v) is 7.29. The first-order valence-electron chi connectivity index (χ1n) is 11.6. The third-order valence-electron chi connectivity index (χ3n) is 7.29. The van der Waals surface area contributed by atoms with E-state index in [1.54, 1.807) is 7.11 Å². The van der Waals surface area contributed by atoms with Crippen LogP contribution in [0.2, 0.25) is 0 Å². The number of hydrogen-bond donors (Lipinski definition) is 1. The van der Waals surface area contributed by atoms with Crippen LogP contribution in [0.5, 0.6) is 5.75 Å². The Morgan fingerprint density at radius 2 is 1.90 bits per heavy atom. The Morgan fingerprint density at radius 1 is 1.19 bits per heavy atom. The molecule has 6 atom stereocenters. The molecule has 4 heteroatoms. The topological polar surface area (TPSA) is 55.8 Å². The normalized spacial score (nSPS) is 29.0. The van der Waals surface area contributed by atoms with E-state index in [0.29, 0.717) is 36.9 Å². The Bertz CT molecular complexity index is 803. The van der Waals surface area contributed by atoms with Crippen molar-refractivity contribution in [3.8, 4) is 5.75 Å². The maximum Gasteiger partial charge on any atom is 0.124 e. The van der Waals surface area contributed by atoms with Gasteiger partial charge in [-0.15, -0.1) is 0 Å². The summed E-state index contributed by atoms with van der Waals surface area (Å²) in [5.74, 6) is 4.86. The van der Waals surface area contributed by atoms with E-state index in [-0.39, 0.29) is 17.9 Å². The first kappa shape index (κ1) is 23.8. The zero-order valence-corrected chi connectivity index (χ0v) is 19.6. The lowest BCUT2D eigenvalue weighted by Crippen LogP contribution is -2.44. The molecule has 2 aliphatic rings. The number of rotatable bonds is 8. The monoisotopic (exact) mass is 426 g/mol. The summed E-state index contributed by atoms with van der Waals surface area (Å²) in [6.45, 7) is 9.80. The first-order valence-corrected chi connectivity index (χ1v) is 11.6. The lowest BCUT2D eigenvalue weighted by atomic mass is 9.57. The highest BCUT2D eigenvalue weighted by atomic mass is 16.5.